The molecule has 1 aromatic carbocycles. The summed E-state index contributed by atoms with van der Waals surface area (Å²) >= 11 is 0. The Hall–Kier alpha value is -1.31. The van der Waals surface area contributed by atoms with Gasteiger partial charge in [0.1, 0.15) is 12.4 Å². The summed E-state index contributed by atoms with van der Waals surface area (Å²) in [4.78, 5) is 0. The van der Waals surface area contributed by atoms with Gasteiger partial charge in [-0.25, -0.2) is 13.1 Å². The molecule has 0 aliphatic heterocycles. The van der Waals surface area contributed by atoms with E-state index in [-0.39, 0.29) is 18.9 Å². The molecule has 0 heterocycles. The van der Waals surface area contributed by atoms with E-state index in [1.807, 2.05) is 13.8 Å². The molecule has 120 valence electrons. The number of nitrogen functional groups attached to an aromatic ring is 1. The third kappa shape index (κ3) is 6.33. The number of aliphatic hydroxyl groups is 1. The summed E-state index contributed by atoms with van der Waals surface area (Å²) in [5.74, 6) is 0.402. The van der Waals surface area contributed by atoms with Crippen LogP contribution in [0.15, 0.2) is 24.3 Å². The Morgan fingerprint density at radius 1 is 1.24 bits per heavy atom. The fraction of sp³-hybridized carbons (Fsp3) is 0.571. The van der Waals surface area contributed by atoms with Crippen LogP contribution >= 0.6 is 0 Å². The highest BCUT2D eigenvalue weighted by molar-refractivity contribution is 7.89. The van der Waals surface area contributed by atoms with E-state index in [2.05, 4.69) is 4.72 Å². The highest BCUT2D eigenvalue weighted by Gasteiger charge is 2.24. The van der Waals surface area contributed by atoms with Crippen LogP contribution in [0.2, 0.25) is 0 Å². The van der Waals surface area contributed by atoms with Gasteiger partial charge in [0.05, 0.1) is 11.4 Å². The van der Waals surface area contributed by atoms with Gasteiger partial charge in [0, 0.05) is 12.2 Å². The molecule has 0 saturated heterocycles. The zero-order valence-electron chi connectivity index (χ0n) is 12.5. The van der Waals surface area contributed by atoms with Crippen LogP contribution in [0.3, 0.4) is 0 Å². The SMILES string of the molecule is CCC(O)(CC)CNS(=O)(=O)CCOc1ccc(N)cc1. The molecular formula is C14H24N2O4S. The Balaban J connectivity index is 2.41. The molecule has 1 aromatic rings. The molecule has 6 nitrogen and oxygen atoms in total. The smallest absolute Gasteiger partial charge is 0.215 e. The average molecular weight is 316 g/mol. The number of nitrogens with two attached hydrogens (primary N) is 1. The normalized spacial score (nSPS) is 12.3. The summed E-state index contributed by atoms with van der Waals surface area (Å²) in [5, 5.41) is 10.1. The highest BCUT2D eigenvalue weighted by Crippen LogP contribution is 2.14. The monoisotopic (exact) mass is 316 g/mol. The van der Waals surface area contributed by atoms with Crippen LogP contribution in [0.1, 0.15) is 26.7 Å². The molecule has 0 bridgehead atoms. The number of ether oxygens (including phenoxy) is 1. The first-order chi connectivity index (χ1) is 9.80. The molecule has 0 aliphatic rings. The maximum Gasteiger partial charge on any atom is 0.215 e. The number of hydrogen-bond acceptors (Lipinski definition) is 5. The van der Waals surface area contributed by atoms with Crippen molar-refractivity contribution >= 4 is 15.7 Å². The molecule has 0 aliphatic carbocycles. The lowest BCUT2D eigenvalue weighted by atomic mass is 9.98. The van der Waals surface area contributed by atoms with Gasteiger partial charge in [-0.3, -0.25) is 0 Å². The van der Waals surface area contributed by atoms with Gasteiger partial charge in [0.25, 0.3) is 0 Å². The second-order valence-electron chi connectivity index (χ2n) is 4.99. The maximum atomic E-state index is 11.8. The molecule has 0 saturated carbocycles. The van der Waals surface area contributed by atoms with Crippen LogP contribution in [-0.2, 0) is 10.0 Å². The van der Waals surface area contributed by atoms with E-state index in [1.165, 1.54) is 0 Å². The topological polar surface area (TPSA) is 102 Å². The minimum atomic E-state index is -3.47. The van der Waals surface area contributed by atoms with Crippen LogP contribution < -0.4 is 15.2 Å². The van der Waals surface area contributed by atoms with E-state index in [0.717, 1.165) is 0 Å². The first-order valence-electron chi connectivity index (χ1n) is 6.98. The van der Waals surface area contributed by atoms with Crippen molar-refractivity contribution in [2.75, 3.05) is 24.6 Å². The zero-order chi connectivity index (χ0) is 15.9. The van der Waals surface area contributed by atoms with Gasteiger partial charge in [-0.05, 0) is 37.1 Å². The van der Waals surface area contributed by atoms with Gasteiger partial charge >= 0.3 is 0 Å². The van der Waals surface area contributed by atoms with Gasteiger partial charge in [-0.15, -0.1) is 0 Å². The van der Waals surface area contributed by atoms with Crippen molar-refractivity contribution in [3.63, 3.8) is 0 Å². The van der Waals surface area contributed by atoms with Crippen molar-refractivity contribution in [2.24, 2.45) is 0 Å². The number of benzene rings is 1. The van der Waals surface area contributed by atoms with Crippen molar-refractivity contribution in [2.45, 2.75) is 32.3 Å². The first-order valence-corrected chi connectivity index (χ1v) is 8.63. The molecule has 0 spiro atoms. The molecule has 0 aromatic heterocycles. The highest BCUT2D eigenvalue weighted by atomic mass is 32.2. The second kappa shape index (κ2) is 7.63. The summed E-state index contributed by atoms with van der Waals surface area (Å²) in [6.07, 6.45) is 0.988. The summed E-state index contributed by atoms with van der Waals surface area (Å²) in [6, 6.07) is 6.74. The van der Waals surface area contributed by atoms with Crippen molar-refractivity contribution in [1.29, 1.82) is 0 Å². The van der Waals surface area contributed by atoms with E-state index in [4.69, 9.17) is 10.5 Å². The summed E-state index contributed by atoms with van der Waals surface area (Å²) in [6.45, 7) is 3.70. The van der Waals surface area contributed by atoms with Crippen molar-refractivity contribution in [3.05, 3.63) is 24.3 Å². The number of rotatable bonds is 9. The molecule has 0 atom stereocenters. The van der Waals surface area contributed by atoms with E-state index in [0.29, 0.717) is 24.3 Å². The predicted molar refractivity (Wildman–Crippen MR) is 83.7 cm³/mol. The summed E-state index contributed by atoms with van der Waals surface area (Å²) < 4.78 is 31.4. The molecule has 4 N–H and O–H groups in total. The van der Waals surface area contributed by atoms with Gasteiger partial charge in [0.2, 0.25) is 10.0 Å². The maximum absolute atomic E-state index is 11.8. The quantitative estimate of drug-likeness (QED) is 0.593. The second-order valence-corrected chi connectivity index (χ2v) is 6.92. The Kier molecular flexibility index (Phi) is 6.44. The Labute approximate surface area is 126 Å². The standard InChI is InChI=1S/C14H24N2O4S/c1-3-14(17,4-2)11-16-21(18,19)10-9-20-13-7-5-12(15)6-8-13/h5-8,16-17H,3-4,9-11,15H2,1-2H3. The number of anilines is 1. The molecule has 0 amide bonds. The lowest BCUT2D eigenvalue weighted by Crippen LogP contribution is -2.43. The van der Waals surface area contributed by atoms with Crippen LogP contribution in [0, 0.1) is 0 Å². The fourth-order valence-corrected chi connectivity index (χ4v) is 2.59. The lowest BCUT2D eigenvalue weighted by Gasteiger charge is -2.25. The average Bonchev–Trinajstić information content (AvgIpc) is 2.47. The van der Waals surface area contributed by atoms with Crippen molar-refractivity contribution in [1.82, 2.24) is 4.72 Å². The number of nitrogens with one attached hydrogen (secondary N) is 1. The van der Waals surface area contributed by atoms with E-state index in [9.17, 15) is 13.5 Å². The fourth-order valence-electron chi connectivity index (χ4n) is 1.65. The minimum absolute atomic E-state index is 0.0181. The van der Waals surface area contributed by atoms with Crippen LogP contribution in [0.5, 0.6) is 5.75 Å². The predicted octanol–water partition coefficient (Wildman–Crippen LogP) is 1.12. The van der Waals surface area contributed by atoms with Gasteiger partial charge in [0.15, 0.2) is 0 Å². The van der Waals surface area contributed by atoms with E-state index >= 15 is 0 Å². The number of hydrogen-bond donors (Lipinski definition) is 3. The van der Waals surface area contributed by atoms with Gasteiger partial charge in [-0.2, -0.15) is 0 Å². The van der Waals surface area contributed by atoms with Gasteiger partial charge < -0.3 is 15.6 Å². The third-order valence-corrected chi connectivity index (χ3v) is 4.73. The molecule has 1 rings (SSSR count). The molecular weight excluding hydrogens is 292 g/mol. The van der Waals surface area contributed by atoms with Crippen LogP contribution in [-0.4, -0.2) is 38.0 Å². The first kappa shape index (κ1) is 17.7. The molecule has 0 fully saturated rings. The summed E-state index contributed by atoms with van der Waals surface area (Å²) in [5.41, 5.74) is 5.17. The van der Waals surface area contributed by atoms with Crippen LogP contribution in [0.25, 0.3) is 0 Å². The summed E-state index contributed by atoms with van der Waals surface area (Å²) in [7, 11) is -3.47. The third-order valence-electron chi connectivity index (χ3n) is 3.44. The molecule has 0 radical (unpaired) electrons. The Morgan fingerprint density at radius 2 is 1.81 bits per heavy atom. The lowest BCUT2D eigenvalue weighted by molar-refractivity contribution is 0.0377. The van der Waals surface area contributed by atoms with Crippen LogP contribution in [0.4, 0.5) is 5.69 Å². The van der Waals surface area contributed by atoms with Crippen molar-refractivity contribution < 1.29 is 18.3 Å². The minimum Gasteiger partial charge on any atom is -0.492 e. The molecule has 7 heteroatoms. The Morgan fingerprint density at radius 3 is 2.33 bits per heavy atom. The zero-order valence-corrected chi connectivity index (χ0v) is 13.3. The van der Waals surface area contributed by atoms with Gasteiger partial charge in [-0.1, -0.05) is 13.8 Å². The number of sulfonamides is 1. The molecule has 0 unspecified atom stereocenters. The van der Waals surface area contributed by atoms with E-state index < -0.39 is 15.6 Å². The van der Waals surface area contributed by atoms with E-state index in [1.54, 1.807) is 24.3 Å². The van der Waals surface area contributed by atoms with Crippen molar-refractivity contribution in [3.8, 4) is 5.75 Å². The Bertz CT molecular complexity index is 524. The molecule has 21 heavy (non-hydrogen) atoms. The largest absolute Gasteiger partial charge is 0.492 e.